The van der Waals surface area contributed by atoms with Gasteiger partial charge in [-0.05, 0) is 43.7 Å². The summed E-state index contributed by atoms with van der Waals surface area (Å²) in [6.45, 7) is 5.46. The first-order valence-electron chi connectivity index (χ1n) is 10.1. The Kier molecular flexibility index (Phi) is 5.62. The number of aromatic nitrogens is 3. The van der Waals surface area contributed by atoms with Crippen LogP contribution in [-0.4, -0.2) is 33.1 Å². The number of nitrogens with one attached hydrogen (secondary N) is 2. The van der Waals surface area contributed by atoms with Gasteiger partial charge in [0.15, 0.2) is 0 Å². The van der Waals surface area contributed by atoms with E-state index in [1.165, 1.54) is 27.4 Å². The van der Waals surface area contributed by atoms with Crippen LogP contribution < -0.4 is 10.6 Å². The van der Waals surface area contributed by atoms with Crippen molar-refractivity contribution in [1.82, 2.24) is 24.8 Å². The fourth-order valence-electron chi connectivity index (χ4n) is 3.87. The van der Waals surface area contributed by atoms with Crippen molar-refractivity contribution in [3.8, 4) is 0 Å². The molecule has 4 aromatic rings. The van der Waals surface area contributed by atoms with Crippen LogP contribution in [0.3, 0.4) is 0 Å². The number of carbonyl (C=O) groups excluding carboxylic acids is 1. The van der Waals surface area contributed by atoms with Crippen LogP contribution in [0.1, 0.15) is 29.4 Å². The van der Waals surface area contributed by atoms with E-state index in [9.17, 15) is 4.79 Å². The molecule has 6 heteroatoms. The first-order chi connectivity index (χ1) is 14.2. The van der Waals surface area contributed by atoms with Crippen LogP contribution in [0.5, 0.6) is 0 Å². The minimum Gasteiger partial charge on any atom is -0.351 e. The normalized spacial score (nSPS) is 11.4. The van der Waals surface area contributed by atoms with Gasteiger partial charge in [0.05, 0.1) is 12.5 Å². The third kappa shape index (κ3) is 3.89. The summed E-state index contributed by atoms with van der Waals surface area (Å²) in [5.41, 5.74) is 4.43. The minimum absolute atomic E-state index is 0.0808. The smallest absolute Gasteiger partial charge is 0.269 e. The number of amides is 1. The molecule has 1 amide bonds. The zero-order valence-electron chi connectivity index (χ0n) is 17.0. The van der Waals surface area contributed by atoms with Gasteiger partial charge in [-0.25, -0.2) is 4.98 Å². The van der Waals surface area contributed by atoms with Crippen molar-refractivity contribution < 1.29 is 4.79 Å². The molecule has 0 saturated carbocycles. The van der Waals surface area contributed by atoms with E-state index in [4.69, 9.17) is 0 Å². The molecule has 6 nitrogen and oxygen atoms in total. The van der Waals surface area contributed by atoms with Gasteiger partial charge in [0.25, 0.3) is 5.91 Å². The van der Waals surface area contributed by atoms with Crippen molar-refractivity contribution >= 4 is 27.7 Å². The van der Waals surface area contributed by atoms with Crippen molar-refractivity contribution in [1.29, 1.82) is 0 Å². The summed E-state index contributed by atoms with van der Waals surface area (Å²) in [7, 11) is 1.82. The highest BCUT2D eigenvalue weighted by molar-refractivity contribution is 6.08. The Labute approximate surface area is 170 Å². The van der Waals surface area contributed by atoms with Gasteiger partial charge in [-0.1, -0.05) is 24.3 Å². The number of hydrogen-bond donors (Lipinski definition) is 2. The molecule has 0 atom stereocenters. The second kappa shape index (κ2) is 8.49. The van der Waals surface area contributed by atoms with Crippen LogP contribution in [-0.2, 0) is 20.1 Å². The maximum atomic E-state index is 12.0. The van der Waals surface area contributed by atoms with E-state index in [-0.39, 0.29) is 5.91 Å². The van der Waals surface area contributed by atoms with E-state index in [1.807, 2.05) is 7.05 Å². The highest BCUT2D eigenvalue weighted by Crippen LogP contribution is 2.29. The van der Waals surface area contributed by atoms with E-state index in [1.54, 1.807) is 17.1 Å². The fourth-order valence-corrected chi connectivity index (χ4v) is 3.87. The molecule has 150 valence electrons. The summed E-state index contributed by atoms with van der Waals surface area (Å²) < 4.78 is 4.09. The predicted octanol–water partition coefficient (Wildman–Crippen LogP) is 3.46. The van der Waals surface area contributed by atoms with Crippen molar-refractivity contribution in [2.75, 3.05) is 13.1 Å². The molecule has 29 heavy (non-hydrogen) atoms. The van der Waals surface area contributed by atoms with Crippen LogP contribution >= 0.6 is 0 Å². The first-order valence-corrected chi connectivity index (χ1v) is 10.1. The van der Waals surface area contributed by atoms with Gasteiger partial charge < -0.3 is 19.8 Å². The monoisotopic (exact) mass is 389 g/mol. The Morgan fingerprint density at radius 2 is 1.90 bits per heavy atom. The number of fused-ring (bicyclic) bond motifs is 3. The lowest BCUT2D eigenvalue weighted by Crippen LogP contribution is -2.28. The average Bonchev–Trinajstić information content (AvgIpc) is 3.31. The van der Waals surface area contributed by atoms with E-state index in [2.05, 4.69) is 69.6 Å². The maximum absolute atomic E-state index is 12.0. The number of hydrogen-bond acceptors (Lipinski definition) is 3. The van der Waals surface area contributed by atoms with E-state index >= 15 is 0 Å². The molecule has 0 aliphatic carbocycles. The highest BCUT2D eigenvalue weighted by atomic mass is 16.1. The molecule has 0 radical (unpaired) electrons. The Bertz CT molecular complexity index is 1140. The lowest BCUT2D eigenvalue weighted by Gasteiger charge is -2.08. The van der Waals surface area contributed by atoms with Gasteiger partial charge in [-0.3, -0.25) is 4.79 Å². The molecule has 0 aliphatic rings. The number of nitrogens with zero attached hydrogens (tertiary/aromatic N) is 3. The summed E-state index contributed by atoms with van der Waals surface area (Å²) in [6.07, 6.45) is 4.09. The van der Waals surface area contributed by atoms with Crippen molar-refractivity contribution in [3.05, 3.63) is 66.2 Å². The van der Waals surface area contributed by atoms with Crippen LogP contribution in [0.25, 0.3) is 21.8 Å². The lowest BCUT2D eigenvalue weighted by molar-refractivity contribution is 0.0945. The quantitative estimate of drug-likeness (QED) is 0.454. The molecule has 2 heterocycles. The molecule has 0 bridgehead atoms. The second-order valence-corrected chi connectivity index (χ2v) is 7.29. The van der Waals surface area contributed by atoms with Gasteiger partial charge in [-0.15, -0.1) is 0 Å². The van der Waals surface area contributed by atoms with Crippen LogP contribution in [0.2, 0.25) is 0 Å². The molecule has 2 aromatic carbocycles. The van der Waals surface area contributed by atoms with E-state index in [0.29, 0.717) is 12.2 Å². The molecule has 0 saturated heterocycles. The van der Waals surface area contributed by atoms with Gasteiger partial charge in [-0.2, -0.15) is 0 Å². The van der Waals surface area contributed by atoms with Crippen molar-refractivity contribution in [2.45, 2.75) is 26.4 Å². The predicted molar refractivity (Wildman–Crippen MR) is 117 cm³/mol. The zero-order chi connectivity index (χ0) is 20.2. The lowest BCUT2D eigenvalue weighted by atomic mass is 10.1. The van der Waals surface area contributed by atoms with Crippen LogP contribution in [0, 0.1) is 0 Å². The Balaban J connectivity index is 1.32. The number of benzene rings is 2. The van der Waals surface area contributed by atoms with Gasteiger partial charge in [0.2, 0.25) is 0 Å². The second-order valence-electron chi connectivity index (χ2n) is 7.29. The summed E-state index contributed by atoms with van der Waals surface area (Å²) in [4.78, 5) is 16.0. The standard InChI is InChI=1S/C23H27N5O/c1-3-28-20-8-5-4-7-18(20)19-13-17(9-10-21(19)28)14-24-11-6-12-26-23(29)22-15-25-16-27(22)2/h4-5,7-10,13,15-16,24H,3,6,11-12,14H2,1-2H3,(H,26,29). The number of imidazole rings is 1. The SMILES string of the molecule is CCn1c2ccccc2c2cc(CNCCCNC(=O)c3cncn3C)ccc21. The Morgan fingerprint density at radius 1 is 1.07 bits per heavy atom. The molecule has 0 unspecified atom stereocenters. The largest absolute Gasteiger partial charge is 0.351 e. The molecule has 0 spiro atoms. The van der Waals surface area contributed by atoms with Gasteiger partial charge >= 0.3 is 0 Å². The molecule has 0 fully saturated rings. The average molecular weight is 390 g/mol. The van der Waals surface area contributed by atoms with Gasteiger partial charge in [0.1, 0.15) is 5.69 Å². The molecule has 0 aliphatic heterocycles. The van der Waals surface area contributed by atoms with Crippen LogP contribution in [0.4, 0.5) is 0 Å². The molecular formula is C23H27N5O. The van der Waals surface area contributed by atoms with Crippen molar-refractivity contribution in [2.24, 2.45) is 7.05 Å². The molecule has 2 aromatic heterocycles. The van der Waals surface area contributed by atoms with Crippen LogP contribution in [0.15, 0.2) is 55.0 Å². The zero-order valence-corrected chi connectivity index (χ0v) is 17.0. The number of rotatable bonds is 8. The third-order valence-corrected chi connectivity index (χ3v) is 5.35. The third-order valence-electron chi connectivity index (χ3n) is 5.35. The maximum Gasteiger partial charge on any atom is 0.269 e. The van der Waals surface area contributed by atoms with E-state index in [0.717, 1.165) is 26.1 Å². The Hall–Kier alpha value is -3.12. The first kappa shape index (κ1) is 19.2. The van der Waals surface area contributed by atoms with Gasteiger partial charge in [0, 0.05) is 48.5 Å². The molecule has 4 rings (SSSR count). The number of para-hydroxylation sites is 1. The van der Waals surface area contributed by atoms with Crippen molar-refractivity contribution in [3.63, 3.8) is 0 Å². The van der Waals surface area contributed by atoms with E-state index < -0.39 is 0 Å². The fraction of sp³-hybridized carbons (Fsp3) is 0.304. The summed E-state index contributed by atoms with van der Waals surface area (Å²) in [5, 5.41) is 9.03. The Morgan fingerprint density at radius 3 is 2.69 bits per heavy atom. The summed E-state index contributed by atoms with van der Waals surface area (Å²) in [5.74, 6) is -0.0808. The summed E-state index contributed by atoms with van der Waals surface area (Å²) in [6, 6.07) is 15.3. The number of carbonyl (C=O) groups is 1. The molecular weight excluding hydrogens is 362 g/mol. The molecule has 2 N–H and O–H groups in total. The topological polar surface area (TPSA) is 63.9 Å². The highest BCUT2D eigenvalue weighted by Gasteiger charge is 2.10. The summed E-state index contributed by atoms with van der Waals surface area (Å²) >= 11 is 0. The minimum atomic E-state index is -0.0808. The number of aryl methyl sites for hydroxylation is 2.